The number of aliphatic hydroxyl groups is 3. The number of aliphatic hydroxyl groups excluding tert-OH is 3. The van der Waals surface area contributed by atoms with Gasteiger partial charge in [-0.3, -0.25) is 19.5 Å². The minimum atomic E-state index is -1.12. The molecule has 0 saturated carbocycles. The van der Waals surface area contributed by atoms with E-state index in [4.69, 9.17) is 33.2 Å². The van der Waals surface area contributed by atoms with E-state index >= 15 is 0 Å². The number of hydrogen-bond acceptors (Lipinski definition) is 15. The van der Waals surface area contributed by atoms with Crippen molar-refractivity contribution in [1.82, 2.24) is 20.1 Å². The minimum Gasteiger partial charge on any atom is -0.461 e. The first-order valence-electron chi connectivity index (χ1n) is 23.7. The highest BCUT2D eigenvalue weighted by Crippen LogP contribution is 2.41. The molecule has 3 aliphatic heterocycles. The fourth-order valence-corrected chi connectivity index (χ4v) is 10.1. The van der Waals surface area contributed by atoms with Crippen molar-refractivity contribution in [2.75, 3.05) is 48.5 Å². The number of nitrogens with zero attached hydrogens (tertiary/aromatic N) is 3. The third kappa shape index (κ3) is 13.1. The molecular weight excluding hydrogens is 849 g/mol. The van der Waals surface area contributed by atoms with Crippen LogP contribution in [-0.4, -0.2) is 175 Å². The van der Waals surface area contributed by atoms with Gasteiger partial charge in [0, 0.05) is 69.9 Å². The number of likely N-dealkylation sites (N-methyl/N-ethyl adjacent to an activating group) is 2. The van der Waals surface area contributed by atoms with Crippen LogP contribution in [0.1, 0.15) is 86.6 Å². The fraction of sp³-hybridized carbons (Fsp3) is 0.740. The molecule has 17 atom stereocenters. The molecule has 3 aliphatic rings. The van der Waals surface area contributed by atoms with Crippen molar-refractivity contribution < 1.29 is 58.1 Å². The van der Waals surface area contributed by atoms with E-state index in [0.29, 0.717) is 19.3 Å². The van der Waals surface area contributed by atoms with Crippen molar-refractivity contribution in [2.24, 2.45) is 17.8 Å². The number of hydrogen-bond donors (Lipinski definition) is 4. The van der Waals surface area contributed by atoms with Crippen LogP contribution in [-0.2, 0) is 49.2 Å². The maximum absolute atomic E-state index is 14.7. The van der Waals surface area contributed by atoms with Crippen molar-refractivity contribution in [3.05, 3.63) is 54.2 Å². The monoisotopic (exact) mass is 929 g/mol. The van der Waals surface area contributed by atoms with Gasteiger partial charge in [0.2, 0.25) is 5.91 Å². The number of esters is 1. The maximum atomic E-state index is 14.7. The molecule has 0 radical (unpaired) electrons. The van der Waals surface area contributed by atoms with Gasteiger partial charge in [-0.2, -0.15) is 0 Å². The summed E-state index contributed by atoms with van der Waals surface area (Å²) >= 11 is 0. The number of methoxy groups -OCH3 is 2. The Morgan fingerprint density at radius 2 is 1.65 bits per heavy atom. The van der Waals surface area contributed by atoms with Crippen LogP contribution in [0.25, 0.3) is 11.3 Å². The molecule has 4 heterocycles. The average Bonchev–Trinajstić information content (AvgIpc) is 3.28. The predicted molar refractivity (Wildman–Crippen MR) is 249 cm³/mol. The second-order valence-corrected chi connectivity index (χ2v) is 20.0. The van der Waals surface area contributed by atoms with E-state index in [2.05, 4.69) is 10.3 Å². The van der Waals surface area contributed by atoms with Crippen molar-refractivity contribution in [3.63, 3.8) is 0 Å². The van der Waals surface area contributed by atoms with Crippen LogP contribution in [0.4, 0.5) is 0 Å². The number of pyridine rings is 1. The topological polar surface area (TPSA) is 191 Å². The summed E-state index contributed by atoms with van der Waals surface area (Å²) in [5.41, 5.74) is 0.432. The third-order valence-corrected chi connectivity index (χ3v) is 14.6. The van der Waals surface area contributed by atoms with Crippen molar-refractivity contribution in [3.8, 4) is 11.3 Å². The summed E-state index contributed by atoms with van der Waals surface area (Å²) in [4.78, 5) is 36.4. The number of nitrogens with one attached hydrogen (secondary N) is 1. The molecule has 4 N–H and O–H groups in total. The van der Waals surface area contributed by atoms with E-state index in [1.807, 2.05) is 108 Å². The van der Waals surface area contributed by atoms with Gasteiger partial charge in [0.1, 0.15) is 18.3 Å². The molecule has 3 saturated heterocycles. The highest BCUT2D eigenvalue weighted by molar-refractivity contribution is 5.79. The van der Waals surface area contributed by atoms with E-state index in [0.717, 1.165) is 16.8 Å². The number of benzene rings is 1. The summed E-state index contributed by atoms with van der Waals surface area (Å²) < 4.78 is 45.2. The van der Waals surface area contributed by atoms with Gasteiger partial charge in [0.15, 0.2) is 12.6 Å². The van der Waals surface area contributed by atoms with Gasteiger partial charge in [0.05, 0.1) is 59.8 Å². The second kappa shape index (κ2) is 23.5. The summed E-state index contributed by atoms with van der Waals surface area (Å²) in [6.45, 7) is 15.5. The molecule has 1 aromatic heterocycles. The van der Waals surface area contributed by atoms with Crippen LogP contribution in [0, 0.1) is 17.8 Å². The second-order valence-electron chi connectivity index (χ2n) is 20.0. The molecule has 16 nitrogen and oxygen atoms in total. The number of carbonyl (C=O) groups excluding carboxylic acids is 2. The first kappa shape index (κ1) is 53.8. The zero-order valence-corrected chi connectivity index (χ0v) is 41.6. The molecule has 5 rings (SSSR count). The summed E-state index contributed by atoms with van der Waals surface area (Å²) in [5.74, 6) is -2.65. The molecule has 0 bridgehead atoms. The van der Waals surface area contributed by atoms with Crippen LogP contribution in [0.5, 0.6) is 0 Å². The normalized spacial score (nSPS) is 38.9. The number of carbonyl (C=O) groups is 2. The number of amides is 1. The lowest BCUT2D eigenvalue weighted by Gasteiger charge is -2.50. The van der Waals surface area contributed by atoms with Crippen LogP contribution < -0.4 is 5.32 Å². The van der Waals surface area contributed by atoms with Crippen LogP contribution in [0.15, 0.2) is 48.7 Å². The summed E-state index contributed by atoms with van der Waals surface area (Å²) in [5, 5.41) is 37.9. The van der Waals surface area contributed by atoms with E-state index < -0.39 is 84.3 Å². The molecule has 66 heavy (non-hydrogen) atoms. The Morgan fingerprint density at radius 3 is 2.30 bits per heavy atom. The highest BCUT2D eigenvalue weighted by Gasteiger charge is 2.52. The van der Waals surface area contributed by atoms with Gasteiger partial charge < -0.3 is 58.7 Å². The van der Waals surface area contributed by atoms with Gasteiger partial charge in [-0.1, -0.05) is 38.1 Å². The SMILES string of the molecule is CO[C@]1(C)CC(O[C@H]2[C@H](C)[C@@H](O[C@@H]3O[C@H](C)C[C@H](N(C)C)[C@H]3O)[C@@](C)(OC)C[C@@H](C)[C@H](O)[C@H](C)N(C)C[C@@H](CCNC(=O)Cc3cccc(-c4ccccn4)c3)OC(=O)[C@@H]2C)O[C@@H](C)[C@@H]1O. The predicted octanol–water partition coefficient (Wildman–Crippen LogP) is 4.20. The third-order valence-electron chi connectivity index (χ3n) is 14.6. The number of ether oxygens (including phenoxy) is 7. The van der Waals surface area contributed by atoms with E-state index in [1.54, 1.807) is 34.1 Å². The molecule has 2 aromatic rings. The van der Waals surface area contributed by atoms with Gasteiger partial charge >= 0.3 is 5.97 Å². The molecular formula is C50H80N4O12. The van der Waals surface area contributed by atoms with E-state index in [-0.39, 0.29) is 55.9 Å². The molecule has 0 spiro atoms. The zero-order valence-electron chi connectivity index (χ0n) is 41.6. The Balaban J connectivity index is 1.46. The lowest BCUT2D eigenvalue weighted by Crippen LogP contribution is -2.61. The first-order valence-corrected chi connectivity index (χ1v) is 23.7. The largest absolute Gasteiger partial charge is 0.461 e. The summed E-state index contributed by atoms with van der Waals surface area (Å²) in [6, 6.07) is 12.8. The van der Waals surface area contributed by atoms with Gasteiger partial charge in [-0.15, -0.1) is 0 Å². The Bertz CT molecular complexity index is 1850. The molecule has 1 unspecified atom stereocenters. The van der Waals surface area contributed by atoms with Gasteiger partial charge in [0.25, 0.3) is 0 Å². The molecule has 1 aromatic carbocycles. The fourth-order valence-electron chi connectivity index (χ4n) is 10.1. The number of aromatic nitrogens is 1. The molecule has 3 fully saturated rings. The lowest BCUT2D eigenvalue weighted by atomic mass is 9.76. The zero-order chi connectivity index (χ0) is 48.7. The Morgan fingerprint density at radius 1 is 0.939 bits per heavy atom. The summed E-state index contributed by atoms with van der Waals surface area (Å²) in [6.07, 6.45) is -4.99. The molecule has 16 heteroatoms. The maximum Gasteiger partial charge on any atom is 0.311 e. The van der Waals surface area contributed by atoms with Gasteiger partial charge in [-0.05, 0) is 105 Å². The van der Waals surface area contributed by atoms with Gasteiger partial charge in [-0.25, -0.2) is 0 Å². The van der Waals surface area contributed by atoms with Crippen LogP contribution in [0.3, 0.4) is 0 Å². The standard InChI is InChI=1S/C50H80N4O12/c1-29-26-50(8,61-13)46(66-48-43(57)39(53(9)10)23-30(2)62-48)31(3)44(65-41-27-49(7,60-12)45(58)34(6)63-41)32(4)47(59)64-37(28-54(11)33(5)42(29)56)20-22-52-40(55)25-35-17-16-18-36(24-35)38-19-14-15-21-51-38/h14-19,21,24,29-34,37,39,41-46,48,56-58H,20,22-23,25-28H2,1-13H3,(H,52,55)/t29-,30-,31+,32-,33+,34+,37-,39+,41?,42+,43-,44+,45+,46-,48+,49-,50+/m1/s1. The quantitative estimate of drug-likeness (QED) is 0.209. The van der Waals surface area contributed by atoms with Crippen molar-refractivity contribution in [1.29, 1.82) is 0 Å². The highest BCUT2D eigenvalue weighted by atomic mass is 16.7. The Hall–Kier alpha value is -3.13. The number of cyclic esters (lactones) is 1. The average molecular weight is 929 g/mol. The van der Waals surface area contributed by atoms with E-state index in [9.17, 15) is 24.9 Å². The van der Waals surface area contributed by atoms with Crippen molar-refractivity contribution >= 4 is 11.9 Å². The first-order chi connectivity index (χ1) is 31.1. The molecule has 0 aliphatic carbocycles. The summed E-state index contributed by atoms with van der Waals surface area (Å²) in [7, 11) is 8.83. The lowest BCUT2D eigenvalue weighted by molar-refractivity contribution is -0.319. The molecule has 1 amide bonds. The molecule has 372 valence electrons. The van der Waals surface area contributed by atoms with E-state index in [1.165, 1.54) is 7.11 Å². The smallest absolute Gasteiger partial charge is 0.311 e. The minimum absolute atomic E-state index is 0.154. The Kier molecular flexibility index (Phi) is 19.1. The Labute approximate surface area is 392 Å². The van der Waals surface area contributed by atoms with Crippen LogP contribution in [0.2, 0.25) is 0 Å². The van der Waals surface area contributed by atoms with Crippen LogP contribution >= 0.6 is 0 Å². The van der Waals surface area contributed by atoms with Crippen molar-refractivity contribution in [2.45, 2.75) is 172 Å². The number of rotatable bonds is 13.